The van der Waals surface area contributed by atoms with Gasteiger partial charge in [0.15, 0.2) is 0 Å². The molecule has 12 heteroatoms. The molecule has 2 heterocycles. The molecule has 208 valence electrons. The van der Waals surface area contributed by atoms with E-state index in [1.165, 1.54) is 18.6 Å². The number of aromatic nitrogens is 3. The molecule has 0 spiro atoms. The molecule has 2 aliphatic rings. The fraction of sp³-hybridized carbons (Fsp3) is 0.172. The topological polar surface area (TPSA) is 110 Å². The summed E-state index contributed by atoms with van der Waals surface area (Å²) >= 11 is 6.30. The number of hydrogen-bond donors (Lipinski definition) is 1. The number of hydrogen-bond acceptors (Lipinski definition) is 6. The molecule has 1 aromatic heterocycles. The van der Waals surface area contributed by atoms with Crippen LogP contribution in [0.15, 0.2) is 59.5 Å². The lowest BCUT2D eigenvalue weighted by Gasteiger charge is -2.17. The Morgan fingerprint density at radius 2 is 1.90 bits per heavy atom. The van der Waals surface area contributed by atoms with Crippen molar-refractivity contribution in [3.8, 4) is 34.2 Å². The lowest BCUT2D eigenvalue weighted by Crippen LogP contribution is -2.27. The van der Waals surface area contributed by atoms with Gasteiger partial charge in [0.25, 0.3) is 5.56 Å². The first-order valence-corrected chi connectivity index (χ1v) is 12.5. The van der Waals surface area contributed by atoms with Gasteiger partial charge in [-0.25, -0.2) is 9.78 Å². The van der Waals surface area contributed by atoms with Gasteiger partial charge in [0, 0.05) is 22.3 Å². The van der Waals surface area contributed by atoms with E-state index in [0.29, 0.717) is 33.7 Å². The van der Waals surface area contributed by atoms with Crippen LogP contribution in [0.4, 0.5) is 13.2 Å². The third-order valence-electron chi connectivity index (χ3n) is 6.63. The molecule has 0 amide bonds. The van der Waals surface area contributed by atoms with Crippen molar-refractivity contribution in [1.29, 1.82) is 5.26 Å². The standard InChI is InChI=1S/C29H20ClF3N4O4/c1-15-36-23-12-17(29(31,32)33)11-16(14-34)25(23)27(38)37(15)9-10-41-24-6-3-18(30)13-22(24)19-7-8-35-26-20(19)4-5-21(26)28(39)40-2/h3-8,11-13,35H,9-10H2,1-2H3. The molecular weight excluding hydrogens is 561 g/mol. The molecule has 1 aliphatic heterocycles. The normalized spacial score (nSPS) is 11.5. The molecule has 8 nitrogen and oxygen atoms in total. The van der Waals surface area contributed by atoms with Gasteiger partial charge in [0.1, 0.15) is 24.3 Å². The van der Waals surface area contributed by atoms with Gasteiger partial charge >= 0.3 is 12.1 Å². The van der Waals surface area contributed by atoms with E-state index in [9.17, 15) is 28.0 Å². The number of aromatic amines is 1. The highest BCUT2D eigenvalue weighted by molar-refractivity contribution is 6.31. The number of carbonyl (C=O) groups is 1. The Morgan fingerprint density at radius 1 is 1.12 bits per heavy atom. The summed E-state index contributed by atoms with van der Waals surface area (Å²) in [5.74, 6) is 0.114. The molecule has 1 N–H and O–H groups in total. The maximum atomic E-state index is 13.3. The number of rotatable bonds is 6. The molecule has 2 aromatic carbocycles. The SMILES string of the molecule is COC(=O)c1ccc2c(-c3cc(Cl)ccc3OCCn3c(C)nc4cc(C(F)(F)F)cc(C#N)c4c3=O)cc[nH]c1-2. The van der Waals surface area contributed by atoms with E-state index < -0.39 is 28.8 Å². The minimum atomic E-state index is -4.69. The van der Waals surface area contributed by atoms with Gasteiger partial charge in [-0.1, -0.05) is 17.7 Å². The smallest absolute Gasteiger partial charge is 0.416 e. The van der Waals surface area contributed by atoms with Crippen LogP contribution in [0.3, 0.4) is 0 Å². The summed E-state index contributed by atoms with van der Waals surface area (Å²) in [6.07, 6.45) is -3.02. The summed E-state index contributed by atoms with van der Waals surface area (Å²) in [5, 5.41) is 9.71. The Labute approximate surface area is 235 Å². The van der Waals surface area contributed by atoms with Crippen molar-refractivity contribution in [2.24, 2.45) is 0 Å². The van der Waals surface area contributed by atoms with E-state index in [0.717, 1.165) is 17.2 Å². The Morgan fingerprint density at radius 3 is 2.61 bits per heavy atom. The summed E-state index contributed by atoms with van der Waals surface area (Å²) in [7, 11) is 1.30. The second-order valence-corrected chi connectivity index (χ2v) is 9.49. The maximum Gasteiger partial charge on any atom is 0.416 e. The van der Waals surface area contributed by atoms with Crippen LogP contribution < -0.4 is 10.3 Å². The number of benzene rings is 2. The largest absolute Gasteiger partial charge is 0.491 e. The van der Waals surface area contributed by atoms with Crippen molar-refractivity contribution in [3.63, 3.8) is 0 Å². The predicted octanol–water partition coefficient (Wildman–Crippen LogP) is 6.21. The molecule has 1 aliphatic carbocycles. The number of aryl methyl sites for hydroxylation is 1. The summed E-state index contributed by atoms with van der Waals surface area (Å²) in [6, 6.07) is 13.4. The van der Waals surface area contributed by atoms with E-state index >= 15 is 0 Å². The number of methoxy groups -OCH3 is 1. The van der Waals surface area contributed by atoms with Gasteiger partial charge < -0.3 is 14.5 Å². The molecule has 0 saturated heterocycles. The van der Waals surface area contributed by atoms with Crippen molar-refractivity contribution in [1.82, 2.24) is 14.5 Å². The van der Waals surface area contributed by atoms with Gasteiger partial charge in [0.2, 0.25) is 0 Å². The Bertz CT molecular complexity index is 1890. The maximum absolute atomic E-state index is 13.3. The van der Waals surface area contributed by atoms with Crippen LogP contribution in [-0.4, -0.2) is 34.2 Å². The number of nitrogens with one attached hydrogen (secondary N) is 1. The number of esters is 1. The van der Waals surface area contributed by atoms with Gasteiger partial charge in [0.05, 0.1) is 46.9 Å². The van der Waals surface area contributed by atoms with Crippen molar-refractivity contribution >= 4 is 28.5 Å². The second-order valence-electron chi connectivity index (χ2n) is 9.05. The lowest BCUT2D eigenvalue weighted by atomic mass is 9.98. The highest BCUT2D eigenvalue weighted by atomic mass is 35.5. The van der Waals surface area contributed by atoms with E-state index in [1.807, 2.05) is 6.07 Å². The second kappa shape index (κ2) is 10.6. The minimum Gasteiger partial charge on any atom is -0.491 e. The highest BCUT2D eigenvalue weighted by Gasteiger charge is 2.32. The van der Waals surface area contributed by atoms with Crippen LogP contribution in [-0.2, 0) is 17.5 Å². The quantitative estimate of drug-likeness (QED) is 0.239. The fourth-order valence-electron chi connectivity index (χ4n) is 4.73. The lowest BCUT2D eigenvalue weighted by molar-refractivity contribution is -0.137. The van der Waals surface area contributed by atoms with Crippen molar-refractivity contribution in [2.75, 3.05) is 13.7 Å². The number of carbonyl (C=O) groups excluding carboxylic acids is 1. The van der Waals surface area contributed by atoms with E-state index in [1.54, 1.807) is 42.6 Å². The highest BCUT2D eigenvalue weighted by Crippen LogP contribution is 2.41. The number of alkyl halides is 3. The number of fused-ring (bicyclic) bond motifs is 2. The summed E-state index contributed by atoms with van der Waals surface area (Å²) < 4.78 is 52.0. The summed E-state index contributed by atoms with van der Waals surface area (Å²) in [4.78, 5) is 32.7. The number of nitriles is 1. The number of H-pyrrole nitrogens is 1. The molecule has 0 unspecified atom stereocenters. The van der Waals surface area contributed by atoms with Crippen molar-refractivity contribution < 1.29 is 27.4 Å². The molecule has 0 saturated carbocycles. The van der Waals surface area contributed by atoms with Crippen LogP contribution in [0, 0.1) is 18.3 Å². The van der Waals surface area contributed by atoms with Crippen LogP contribution in [0.1, 0.15) is 27.3 Å². The van der Waals surface area contributed by atoms with Crippen LogP contribution in [0.2, 0.25) is 5.02 Å². The average Bonchev–Trinajstić information content (AvgIpc) is 3.38. The van der Waals surface area contributed by atoms with Crippen molar-refractivity contribution in [3.05, 3.63) is 92.6 Å². The summed E-state index contributed by atoms with van der Waals surface area (Å²) in [5.41, 5.74) is 0.712. The Balaban J connectivity index is 1.47. The van der Waals surface area contributed by atoms with Gasteiger partial charge in [-0.3, -0.25) is 9.36 Å². The Hall–Kier alpha value is -4.82. The monoisotopic (exact) mass is 580 g/mol. The minimum absolute atomic E-state index is 0.00239. The molecule has 5 rings (SSSR count). The van der Waals surface area contributed by atoms with Gasteiger partial charge in [-0.15, -0.1) is 0 Å². The average molecular weight is 581 g/mol. The number of ether oxygens (including phenoxy) is 2. The van der Waals surface area contributed by atoms with E-state index in [2.05, 4.69) is 9.97 Å². The molecule has 3 aromatic rings. The Kier molecular flexibility index (Phi) is 7.19. The first kappa shape index (κ1) is 27.7. The third-order valence-corrected chi connectivity index (χ3v) is 6.87. The summed E-state index contributed by atoms with van der Waals surface area (Å²) in [6.45, 7) is 1.48. The molecule has 0 bridgehead atoms. The third kappa shape index (κ3) is 5.10. The molecule has 0 atom stereocenters. The van der Waals surface area contributed by atoms with E-state index in [4.69, 9.17) is 21.1 Å². The predicted molar refractivity (Wildman–Crippen MR) is 145 cm³/mol. The first-order valence-electron chi connectivity index (χ1n) is 12.2. The number of pyridine rings is 1. The molecule has 0 fully saturated rings. The van der Waals surface area contributed by atoms with Gasteiger partial charge in [-0.2, -0.15) is 18.4 Å². The zero-order valence-corrected chi connectivity index (χ0v) is 22.4. The van der Waals surface area contributed by atoms with Crippen molar-refractivity contribution in [2.45, 2.75) is 19.6 Å². The fourth-order valence-corrected chi connectivity index (χ4v) is 4.90. The first-order chi connectivity index (χ1) is 19.5. The molecule has 0 radical (unpaired) electrons. The van der Waals surface area contributed by atoms with E-state index in [-0.39, 0.29) is 29.9 Å². The molecule has 41 heavy (non-hydrogen) atoms. The van der Waals surface area contributed by atoms with Crippen LogP contribution in [0.5, 0.6) is 5.75 Å². The zero-order chi connectivity index (χ0) is 29.5. The van der Waals surface area contributed by atoms with Crippen LogP contribution >= 0.6 is 11.6 Å². The number of halogens is 4. The van der Waals surface area contributed by atoms with Gasteiger partial charge in [-0.05, 0) is 55.0 Å². The molecular formula is C29H20ClF3N4O4. The van der Waals surface area contributed by atoms with Crippen LogP contribution in [0.25, 0.3) is 33.3 Å². The number of nitrogens with zero attached hydrogens (tertiary/aromatic N) is 3. The zero-order valence-electron chi connectivity index (χ0n) is 21.6.